The van der Waals surface area contributed by atoms with E-state index in [9.17, 15) is 4.79 Å². The lowest BCUT2D eigenvalue weighted by Crippen LogP contribution is -2.53. The number of piperidine rings is 1. The van der Waals surface area contributed by atoms with Crippen LogP contribution >= 0.6 is 0 Å². The number of amides is 1. The van der Waals surface area contributed by atoms with Crippen LogP contribution in [0.25, 0.3) is 0 Å². The van der Waals surface area contributed by atoms with Crippen molar-refractivity contribution in [2.75, 3.05) is 19.7 Å². The van der Waals surface area contributed by atoms with E-state index in [1.54, 1.807) is 0 Å². The molecule has 2 heterocycles. The molecule has 4 nitrogen and oxygen atoms in total. The number of hydrogen-bond acceptors (Lipinski definition) is 3. The van der Waals surface area contributed by atoms with E-state index in [1.807, 2.05) is 0 Å². The minimum absolute atomic E-state index is 0.0197. The Hall–Kier alpha value is -0.610. The van der Waals surface area contributed by atoms with Gasteiger partial charge in [0.1, 0.15) is 0 Å². The minimum atomic E-state index is -0.145. The first kappa shape index (κ1) is 12.8. The molecule has 2 fully saturated rings. The number of ether oxygens (including phenoxy) is 1. The highest BCUT2D eigenvalue weighted by molar-refractivity contribution is 5.82. The Morgan fingerprint density at radius 1 is 1.53 bits per heavy atom. The third-order valence-electron chi connectivity index (χ3n) is 3.99. The molecule has 2 aliphatic rings. The largest absolute Gasteiger partial charge is 0.373 e. The minimum Gasteiger partial charge on any atom is -0.373 e. The van der Waals surface area contributed by atoms with Crippen LogP contribution < -0.4 is 10.6 Å². The summed E-state index contributed by atoms with van der Waals surface area (Å²) in [6, 6.07) is -0.0197. The van der Waals surface area contributed by atoms with Crippen molar-refractivity contribution in [3.05, 3.63) is 0 Å². The van der Waals surface area contributed by atoms with E-state index in [1.165, 1.54) is 6.42 Å². The summed E-state index contributed by atoms with van der Waals surface area (Å²) in [5, 5.41) is 6.34. The summed E-state index contributed by atoms with van der Waals surface area (Å²) in [5.41, 5.74) is -0.145. The second-order valence-electron chi connectivity index (χ2n) is 5.67. The number of nitrogens with one attached hydrogen (secondary N) is 2. The average molecular weight is 240 g/mol. The lowest BCUT2D eigenvalue weighted by atomic mass is 9.92. The van der Waals surface area contributed by atoms with Gasteiger partial charge in [-0.05, 0) is 45.1 Å². The van der Waals surface area contributed by atoms with E-state index in [4.69, 9.17) is 4.74 Å². The molecule has 3 unspecified atom stereocenters. The highest BCUT2D eigenvalue weighted by Crippen LogP contribution is 2.24. The summed E-state index contributed by atoms with van der Waals surface area (Å²) >= 11 is 0. The summed E-state index contributed by atoms with van der Waals surface area (Å²) in [7, 11) is 0. The smallest absolute Gasteiger partial charge is 0.237 e. The van der Waals surface area contributed by atoms with Crippen molar-refractivity contribution in [3.8, 4) is 0 Å². The SMILES string of the molecule is CC1CCCNC1C(=O)NCC1(C)CCCO1. The standard InChI is InChI=1S/C13H24N2O2/c1-10-5-3-7-14-11(10)12(16)15-9-13(2)6-4-8-17-13/h10-11,14H,3-9H2,1-2H3,(H,15,16). The van der Waals surface area contributed by atoms with Gasteiger partial charge in [-0.2, -0.15) is 0 Å². The lowest BCUT2D eigenvalue weighted by molar-refractivity contribution is -0.126. The number of carbonyl (C=O) groups excluding carboxylic acids is 1. The third-order valence-corrected chi connectivity index (χ3v) is 3.99. The summed E-state index contributed by atoms with van der Waals surface area (Å²) in [6.45, 7) is 6.64. The molecular weight excluding hydrogens is 216 g/mol. The van der Waals surface area contributed by atoms with Crippen LogP contribution in [0.2, 0.25) is 0 Å². The molecule has 3 atom stereocenters. The Morgan fingerprint density at radius 2 is 2.35 bits per heavy atom. The highest BCUT2D eigenvalue weighted by Gasteiger charge is 2.32. The van der Waals surface area contributed by atoms with E-state index in [2.05, 4.69) is 24.5 Å². The Bertz CT molecular complexity index is 275. The van der Waals surface area contributed by atoms with Gasteiger partial charge in [0.25, 0.3) is 0 Å². The first-order chi connectivity index (χ1) is 8.11. The Balaban J connectivity index is 1.80. The summed E-state index contributed by atoms with van der Waals surface area (Å²) in [6.07, 6.45) is 4.45. The van der Waals surface area contributed by atoms with Crippen LogP contribution in [0, 0.1) is 5.92 Å². The Kier molecular flexibility index (Phi) is 4.05. The molecule has 98 valence electrons. The van der Waals surface area contributed by atoms with Crippen LogP contribution in [0.1, 0.15) is 39.5 Å². The van der Waals surface area contributed by atoms with Gasteiger partial charge < -0.3 is 15.4 Å². The van der Waals surface area contributed by atoms with Crippen molar-refractivity contribution in [3.63, 3.8) is 0 Å². The molecular formula is C13H24N2O2. The van der Waals surface area contributed by atoms with Crippen molar-refractivity contribution in [1.82, 2.24) is 10.6 Å². The molecule has 0 aromatic heterocycles. The maximum absolute atomic E-state index is 12.1. The summed E-state index contributed by atoms with van der Waals surface area (Å²) in [4.78, 5) is 12.1. The van der Waals surface area contributed by atoms with Crippen molar-refractivity contribution < 1.29 is 9.53 Å². The molecule has 0 aromatic carbocycles. The van der Waals surface area contributed by atoms with Crippen LogP contribution in [0.15, 0.2) is 0 Å². The maximum atomic E-state index is 12.1. The molecule has 17 heavy (non-hydrogen) atoms. The zero-order valence-electron chi connectivity index (χ0n) is 10.9. The van der Waals surface area contributed by atoms with E-state index < -0.39 is 0 Å². The second kappa shape index (κ2) is 5.36. The molecule has 2 saturated heterocycles. The quantitative estimate of drug-likeness (QED) is 0.775. The third kappa shape index (κ3) is 3.19. The van der Waals surface area contributed by atoms with E-state index in [-0.39, 0.29) is 17.6 Å². The van der Waals surface area contributed by atoms with Crippen LogP contribution in [0.3, 0.4) is 0 Å². The molecule has 0 bridgehead atoms. The number of hydrogen-bond donors (Lipinski definition) is 2. The van der Waals surface area contributed by atoms with Gasteiger partial charge >= 0.3 is 0 Å². The normalized spacial score (nSPS) is 38.0. The molecule has 2 N–H and O–H groups in total. The summed E-state index contributed by atoms with van der Waals surface area (Å²) < 4.78 is 5.67. The number of rotatable bonds is 3. The van der Waals surface area contributed by atoms with Crippen LogP contribution in [-0.2, 0) is 9.53 Å². The second-order valence-corrected chi connectivity index (χ2v) is 5.67. The van der Waals surface area contributed by atoms with Gasteiger partial charge in [0, 0.05) is 13.2 Å². The fourth-order valence-corrected chi connectivity index (χ4v) is 2.76. The first-order valence-electron chi connectivity index (χ1n) is 6.76. The molecule has 0 saturated carbocycles. The van der Waals surface area contributed by atoms with Gasteiger partial charge in [0.2, 0.25) is 5.91 Å². The lowest BCUT2D eigenvalue weighted by Gasteiger charge is -2.30. The van der Waals surface area contributed by atoms with Gasteiger partial charge in [0.05, 0.1) is 11.6 Å². The van der Waals surface area contributed by atoms with Crippen molar-refractivity contribution >= 4 is 5.91 Å². The van der Waals surface area contributed by atoms with E-state index in [0.29, 0.717) is 12.5 Å². The van der Waals surface area contributed by atoms with Gasteiger partial charge in [-0.1, -0.05) is 6.92 Å². The Morgan fingerprint density at radius 3 is 3.00 bits per heavy atom. The zero-order chi connectivity index (χ0) is 12.3. The van der Waals surface area contributed by atoms with Gasteiger partial charge in [-0.25, -0.2) is 0 Å². The fourth-order valence-electron chi connectivity index (χ4n) is 2.76. The predicted octanol–water partition coefficient (Wildman–Crippen LogP) is 1.06. The first-order valence-corrected chi connectivity index (χ1v) is 6.76. The van der Waals surface area contributed by atoms with Crippen LogP contribution in [-0.4, -0.2) is 37.2 Å². The van der Waals surface area contributed by atoms with Crippen LogP contribution in [0.4, 0.5) is 0 Å². The van der Waals surface area contributed by atoms with Crippen molar-refractivity contribution in [1.29, 1.82) is 0 Å². The molecule has 0 aliphatic carbocycles. The predicted molar refractivity (Wildman–Crippen MR) is 66.8 cm³/mol. The number of carbonyl (C=O) groups is 1. The molecule has 4 heteroatoms. The monoisotopic (exact) mass is 240 g/mol. The van der Waals surface area contributed by atoms with Gasteiger partial charge in [0.15, 0.2) is 0 Å². The topological polar surface area (TPSA) is 50.4 Å². The van der Waals surface area contributed by atoms with E-state index >= 15 is 0 Å². The van der Waals surface area contributed by atoms with Crippen molar-refractivity contribution in [2.45, 2.75) is 51.2 Å². The zero-order valence-corrected chi connectivity index (χ0v) is 10.9. The van der Waals surface area contributed by atoms with Gasteiger partial charge in [-0.15, -0.1) is 0 Å². The average Bonchev–Trinajstić information content (AvgIpc) is 2.74. The van der Waals surface area contributed by atoms with Gasteiger partial charge in [-0.3, -0.25) is 4.79 Å². The highest BCUT2D eigenvalue weighted by atomic mass is 16.5. The molecule has 2 aliphatic heterocycles. The van der Waals surface area contributed by atoms with E-state index in [0.717, 1.165) is 32.4 Å². The molecule has 0 aromatic rings. The molecule has 0 radical (unpaired) electrons. The Labute approximate surface area is 103 Å². The van der Waals surface area contributed by atoms with Crippen molar-refractivity contribution in [2.24, 2.45) is 5.92 Å². The molecule has 2 rings (SSSR count). The molecule has 1 amide bonds. The molecule has 0 spiro atoms. The summed E-state index contributed by atoms with van der Waals surface area (Å²) in [5.74, 6) is 0.565. The maximum Gasteiger partial charge on any atom is 0.237 e. The van der Waals surface area contributed by atoms with Crippen LogP contribution in [0.5, 0.6) is 0 Å². The fraction of sp³-hybridized carbons (Fsp3) is 0.923.